The summed E-state index contributed by atoms with van der Waals surface area (Å²) < 4.78 is 12.9. The molecule has 1 amide bonds. The maximum atomic E-state index is 12.9. The van der Waals surface area contributed by atoms with Gasteiger partial charge in [-0.2, -0.15) is 0 Å². The molecule has 0 aromatic heterocycles. The van der Waals surface area contributed by atoms with Gasteiger partial charge in [0, 0.05) is 11.3 Å². The number of carbonyl (C=O) groups excluding carboxylic acids is 1. The first-order chi connectivity index (χ1) is 5.54. The molecule has 1 rings (SSSR count). The van der Waals surface area contributed by atoms with Gasteiger partial charge in [0.05, 0.1) is 0 Å². The molecule has 0 spiro atoms. The van der Waals surface area contributed by atoms with Crippen LogP contribution >= 0.6 is 0 Å². The Hall–Kier alpha value is -1.42. The minimum Gasteiger partial charge on any atom is -0.398 e. The largest absolute Gasteiger partial charge is 0.398 e. The van der Waals surface area contributed by atoms with Crippen molar-refractivity contribution in [2.24, 2.45) is 0 Å². The molecule has 0 radical (unpaired) electrons. The number of benzene rings is 1. The number of anilines is 1. The van der Waals surface area contributed by atoms with Crippen LogP contribution in [0.1, 0.15) is 15.9 Å². The summed E-state index contributed by atoms with van der Waals surface area (Å²) >= 11 is 0. The fourth-order valence-electron chi connectivity index (χ4n) is 1.08. The molecule has 64 valence electrons. The van der Waals surface area contributed by atoms with Gasteiger partial charge in [0.15, 0.2) is 0 Å². The van der Waals surface area contributed by atoms with Crippen LogP contribution in [0, 0.1) is 12.7 Å². The molecule has 1 aromatic carbocycles. The summed E-state index contributed by atoms with van der Waals surface area (Å²) in [6.45, 7) is 1.50. The number of hydrogen-bond donors (Lipinski definition) is 2. The van der Waals surface area contributed by atoms with E-state index in [-0.39, 0.29) is 16.8 Å². The van der Waals surface area contributed by atoms with Gasteiger partial charge in [-0.1, -0.05) is 0 Å². The third-order valence-corrected chi connectivity index (χ3v) is 1.71. The van der Waals surface area contributed by atoms with Crippen molar-refractivity contribution in [1.29, 1.82) is 0 Å². The van der Waals surface area contributed by atoms with E-state index >= 15 is 0 Å². The summed E-state index contributed by atoms with van der Waals surface area (Å²) in [7, 11) is 0. The molecule has 1 aromatic rings. The predicted octanol–water partition coefficient (Wildman–Crippen LogP) is 0.0984. The lowest BCUT2D eigenvalue weighted by molar-refractivity contribution is -0.255. The smallest absolute Gasteiger partial charge is 0.343 e. The van der Waals surface area contributed by atoms with E-state index in [1.165, 1.54) is 19.1 Å². The highest BCUT2D eigenvalue weighted by molar-refractivity contribution is 5.93. The van der Waals surface area contributed by atoms with Crippen molar-refractivity contribution in [3.63, 3.8) is 0 Å². The molecule has 0 aliphatic carbocycles. The molecule has 0 bridgehead atoms. The number of quaternary nitrogens is 1. The highest BCUT2D eigenvalue weighted by Gasteiger charge is 2.15. The van der Waals surface area contributed by atoms with Crippen LogP contribution in [0.5, 0.6) is 0 Å². The van der Waals surface area contributed by atoms with E-state index < -0.39 is 11.7 Å². The first kappa shape index (κ1) is 8.67. The third kappa shape index (κ3) is 1.29. The summed E-state index contributed by atoms with van der Waals surface area (Å²) in [5, 5.41) is 0. The van der Waals surface area contributed by atoms with Crippen LogP contribution in [0.25, 0.3) is 0 Å². The van der Waals surface area contributed by atoms with Crippen LogP contribution in [0.2, 0.25) is 0 Å². The zero-order valence-corrected chi connectivity index (χ0v) is 6.73. The molecular weight excluding hydrogens is 159 g/mol. The van der Waals surface area contributed by atoms with Gasteiger partial charge in [-0.25, -0.2) is 9.18 Å². The van der Waals surface area contributed by atoms with Crippen LogP contribution in [-0.4, -0.2) is 5.91 Å². The maximum Gasteiger partial charge on any atom is 0.343 e. The molecule has 0 heterocycles. The fraction of sp³-hybridized carbons (Fsp3) is 0.125. The molecule has 0 aliphatic heterocycles. The minimum absolute atomic E-state index is 0.176. The number of carbonyl (C=O) groups is 1. The lowest BCUT2D eigenvalue weighted by Crippen LogP contribution is -2.57. The van der Waals surface area contributed by atoms with Gasteiger partial charge < -0.3 is 5.73 Å². The Balaban J connectivity index is 3.43. The van der Waals surface area contributed by atoms with E-state index in [0.29, 0.717) is 0 Å². The zero-order valence-electron chi connectivity index (χ0n) is 6.73. The van der Waals surface area contributed by atoms with Crippen LogP contribution < -0.4 is 11.5 Å². The normalized spacial score (nSPS) is 9.92. The summed E-state index contributed by atoms with van der Waals surface area (Å²) in [4.78, 5) is 10.9. The Morgan fingerprint density at radius 2 is 2.17 bits per heavy atom. The lowest BCUT2D eigenvalue weighted by Gasteiger charge is -2.03. The standard InChI is InChI=1S/C8H9FN2O/c1-4-5(9)2-3-6(10)7(4)8(11)12/h2-3H,10H2,1H3,(H2,11,12)/p+1. The summed E-state index contributed by atoms with van der Waals surface area (Å²) in [5.41, 5.74) is 9.36. The van der Waals surface area contributed by atoms with Gasteiger partial charge >= 0.3 is 5.91 Å². The predicted molar refractivity (Wildman–Crippen MR) is 42.8 cm³/mol. The molecular formula is C8H10FN2O+. The molecule has 0 saturated carbocycles. The van der Waals surface area contributed by atoms with Crippen molar-refractivity contribution >= 4 is 11.6 Å². The quantitative estimate of drug-likeness (QED) is 0.585. The minimum atomic E-state index is -0.454. The molecule has 12 heavy (non-hydrogen) atoms. The van der Waals surface area contributed by atoms with Gasteiger partial charge in [0.25, 0.3) is 0 Å². The van der Waals surface area contributed by atoms with Crippen molar-refractivity contribution in [1.82, 2.24) is 0 Å². The average molecular weight is 169 g/mol. The zero-order chi connectivity index (χ0) is 9.30. The first-order valence-electron chi connectivity index (χ1n) is 3.45. The Morgan fingerprint density at radius 3 is 2.58 bits per heavy atom. The molecule has 5 N–H and O–H groups in total. The number of amides is 1. The second-order valence-corrected chi connectivity index (χ2v) is 2.56. The highest BCUT2D eigenvalue weighted by atomic mass is 19.1. The SMILES string of the molecule is Cc1c(F)ccc(N)c1C([NH3+])=O. The Morgan fingerprint density at radius 1 is 1.58 bits per heavy atom. The summed E-state index contributed by atoms with van der Waals surface area (Å²) in [6.07, 6.45) is 0. The average Bonchev–Trinajstić information content (AvgIpc) is 1.97. The van der Waals surface area contributed by atoms with Gasteiger partial charge in [-0.3, -0.25) is 5.73 Å². The molecule has 0 saturated heterocycles. The number of rotatable bonds is 1. The molecule has 4 heteroatoms. The third-order valence-electron chi connectivity index (χ3n) is 1.71. The first-order valence-corrected chi connectivity index (χ1v) is 3.45. The van der Waals surface area contributed by atoms with Gasteiger partial charge in [-0.15, -0.1) is 0 Å². The number of nitrogen functional groups attached to an aromatic ring is 1. The second-order valence-electron chi connectivity index (χ2n) is 2.56. The van der Waals surface area contributed by atoms with Crippen LogP contribution in [0.15, 0.2) is 12.1 Å². The number of halogens is 1. The Labute approximate surface area is 69.2 Å². The van der Waals surface area contributed by atoms with Crippen molar-refractivity contribution in [2.45, 2.75) is 6.92 Å². The second kappa shape index (κ2) is 2.91. The molecule has 0 aliphatic rings. The molecule has 0 atom stereocenters. The van der Waals surface area contributed by atoms with E-state index in [1.807, 2.05) is 0 Å². The van der Waals surface area contributed by atoms with Gasteiger partial charge in [0.2, 0.25) is 0 Å². The summed E-state index contributed by atoms with van der Waals surface area (Å²) in [6, 6.07) is 2.60. The van der Waals surface area contributed by atoms with Gasteiger partial charge in [0.1, 0.15) is 11.4 Å². The number of hydrogen-bond acceptors (Lipinski definition) is 2. The van der Waals surface area contributed by atoms with E-state index in [1.54, 1.807) is 0 Å². The number of nitrogens with two attached hydrogens (primary N) is 1. The monoisotopic (exact) mass is 169 g/mol. The van der Waals surface area contributed by atoms with Crippen LogP contribution in [-0.2, 0) is 0 Å². The van der Waals surface area contributed by atoms with Crippen LogP contribution in [0.4, 0.5) is 10.1 Å². The Kier molecular flexibility index (Phi) is 2.10. The Bertz CT molecular complexity index is 336. The van der Waals surface area contributed by atoms with Crippen molar-refractivity contribution in [3.8, 4) is 0 Å². The lowest BCUT2D eigenvalue weighted by atomic mass is 10.1. The molecule has 0 unspecified atom stereocenters. The molecule has 3 nitrogen and oxygen atoms in total. The van der Waals surface area contributed by atoms with Crippen molar-refractivity contribution < 1.29 is 14.9 Å². The van der Waals surface area contributed by atoms with Crippen molar-refractivity contribution in [3.05, 3.63) is 29.1 Å². The maximum absolute atomic E-state index is 12.9. The van der Waals surface area contributed by atoms with Crippen LogP contribution in [0.3, 0.4) is 0 Å². The van der Waals surface area contributed by atoms with E-state index in [2.05, 4.69) is 5.73 Å². The summed E-state index contributed by atoms with van der Waals surface area (Å²) in [5.74, 6) is -0.888. The van der Waals surface area contributed by atoms with Crippen molar-refractivity contribution in [2.75, 3.05) is 5.73 Å². The highest BCUT2D eigenvalue weighted by Crippen LogP contribution is 2.17. The topological polar surface area (TPSA) is 70.7 Å². The van der Waals surface area contributed by atoms with E-state index in [4.69, 9.17) is 5.73 Å². The van der Waals surface area contributed by atoms with E-state index in [9.17, 15) is 9.18 Å². The molecule has 0 fully saturated rings. The fourth-order valence-corrected chi connectivity index (χ4v) is 1.08. The van der Waals surface area contributed by atoms with E-state index in [0.717, 1.165) is 0 Å². The van der Waals surface area contributed by atoms with Gasteiger partial charge in [-0.05, 0) is 19.1 Å².